The Labute approximate surface area is 194 Å². The number of amides is 1. The first-order valence-corrected chi connectivity index (χ1v) is 13.7. The maximum absolute atomic E-state index is 11.9. The highest BCUT2D eigenvalue weighted by molar-refractivity contribution is 5.90. The Balaban J connectivity index is 1.71. The molecule has 1 amide bonds. The average Bonchev–Trinajstić information content (AvgIpc) is 2.78. The third-order valence-electron chi connectivity index (χ3n) is 6.31. The van der Waals surface area contributed by atoms with Crippen molar-refractivity contribution in [2.75, 3.05) is 5.32 Å². The van der Waals surface area contributed by atoms with E-state index in [4.69, 9.17) is 0 Å². The standard InChI is InChI=1S/C29H51NO/c1-2-3-4-5-6-7-8-9-10-11-12-13-14-15-16-17-18-19-20-24-27-29(31)30-28-25-22-21-23-26-28/h21-23,25-26H,2-20,24,27H2,1H3,(H,30,31). The normalized spacial score (nSPS) is 11.0. The zero-order valence-corrected chi connectivity index (χ0v) is 20.6. The molecular weight excluding hydrogens is 378 g/mol. The van der Waals surface area contributed by atoms with Crippen LogP contribution in [0.25, 0.3) is 0 Å². The third-order valence-corrected chi connectivity index (χ3v) is 6.31. The van der Waals surface area contributed by atoms with Crippen molar-refractivity contribution in [2.45, 2.75) is 142 Å². The zero-order chi connectivity index (χ0) is 22.2. The number of unbranched alkanes of at least 4 members (excludes halogenated alkanes) is 19. The maximum Gasteiger partial charge on any atom is 0.224 e. The van der Waals surface area contributed by atoms with E-state index in [1.807, 2.05) is 30.3 Å². The minimum atomic E-state index is 0.147. The van der Waals surface area contributed by atoms with Gasteiger partial charge >= 0.3 is 0 Å². The van der Waals surface area contributed by atoms with E-state index in [9.17, 15) is 4.79 Å². The predicted molar refractivity (Wildman–Crippen MR) is 138 cm³/mol. The second kappa shape index (κ2) is 21.9. The summed E-state index contributed by atoms with van der Waals surface area (Å²) >= 11 is 0. The molecule has 2 nitrogen and oxygen atoms in total. The summed E-state index contributed by atoms with van der Waals surface area (Å²) in [5.41, 5.74) is 0.903. The van der Waals surface area contributed by atoms with Gasteiger partial charge < -0.3 is 5.32 Å². The molecule has 1 aromatic carbocycles. The molecule has 178 valence electrons. The molecule has 31 heavy (non-hydrogen) atoms. The van der Waals surface area contributed by atoms with Crippen molar-refractivity contribution >= 4 is 11.6 Å². The maximum atomic E-state index is 11.9. The lowest BCUT2D eigenvalue weighted by Crippen LogP contribution is -2.10. The highest BCUT2D eigenvalue weighted by Gasteiger charge is 2.01. The van der Waals surface area contributed by atoms with Crippen molar-refractivity contribution in [3.8, 4) is 0 Å². The zero-order valence-electron chi connectivity index (χ0n) is 20.6. The largest absolute Gasteiger partial charge is 0.326 e. The highest BCUT2D eigenvalue weighted by atomic mass is 16.1. The highest BCUT2D eigenvalue weighted by Crippen LogP contribution is 2.15. The van der Waals surface area contributed by atoms with E-state index in [1.54, 1.807) is 0 Å². The summed E-state index contributed by atoms with van der Waals surface area (Å²) in [5.74, 6) is 0.147. The Morgan fingerprint density at radius 3 is 1.29 bits per heavy atom. The first-order chi connectivity index (χ1) is 15.3. The van der Waals surface area contributed by atoms with E-state index < -0.39 is 0 Å². The second-order valence-corrected chi connectivity index (χ2v) is 9.38. The van der Waals surface area contributed by atoms with Gasteiger partial charge in [-0.3, -0.25) is 4.79 Å². The molecule has 0 atom stereocenters. The van der Waals surface area contributed by atoms with E-state index in [2.05, 4.69) is 12.2 Å². The van der Waals surface area contributed by atoms with E-state index in [0.29, 0.717) is 6.42 Å². The van der Waals surface area contributed by atoms with Crippen LogP contribution in [0, 0.1) is 0 Å². The molecule has 0 aliphatic carbocycles. The lowest BCUT2D eigenvalue weighted by atomic mass is 10.0. The van der Waals surface area contributed by atoms with Crippen molar-refractivity contribution in [1.82, 2.24) is 0 Å². The van der Waals surface area contributed by atoms with Crippen LogP contribution in [0.5, 0.6) is 0 Å². The molecule has 0 spiro atoms. The van der Waals surface area contributed by atoms with Crippen LogP contribution in [0.2, 0.25) is 0 Å². The number of carbonyl (C=O) groups excluding carboxylic acids is 1. The number of hydrogen-bond acceptors (Lipinski definition) is 1. The van der Waals surface area contributed by atoms with Gasteiger partial charge in [-0.05, 0) is 18.6 Å². The van der Waals surface area contributed by atoms with Gasteiger partial charge in [-0.2, -0.15) is 0 Å². The lowest BCUT2D eigenvalue weighted by Gasteiger charge is -2.05. The number of nitrogens with one attached hydrogen (secondary N) is 1. The molecule has 0 bridgehead atoms. The molecule has 1 aromatic rings. The van der Waals surface area contributed by atoms with Crippen LogP contribution in [0.15, 0.2) is 30.3 Å². The van der Waals surface area contributed by atoms with Gasteiger partial charge in [0.25, 0.3) is 0 Å². The molecule has 0 heterocycles. The molecule has 1 rings (SSSR count). The van der Waals surface area contributed by atoms with E-state index in [0.717, 1.165) is 12.1 Å². The number of rotatable bonds is 22. The summed E-state index contributed by atoms with van der Waals surface area (Å²) in [6.07, 6.45) is 28.4. The average molecular weight is 430 g/mol. The van der Waals surface area contributed by atoms with Crippen molar-refractivity contribution in [2.24, 2.45) is 0 Å². The Morgan fingerprint density at radius 1 is 0.548 bits per heavy atom. The first kappa shape index (κ1) is 27.7. The SMILES string of the molecule is CCCCCCCCCCCCCCCCCCCCCCC(=O)Nc1ccccc1. The van der Waals surface area contributed by atoms with Crippen LogP contribution in [0.1, 0.15) is 142 Å². The first-order valence-electron chi connectivity index (χ1n) is 13.7. The Kier molecular flexibility index (Phi) is 19.6. The van der Waals surface area contributed by atoms with Crippen LogP contribution in [0.4, 0.5) is 5.69 Å². The van der Waals surface area contributed by atoms with Crippen molar-refractivity contribution in [1.29, 1.82) is 0 Å². The van der Waals surface area contributed by atoms with Gasteiger partial charge in [0, 0.05) is 12.1 Å². The molecule has 1 N–H and O–H groups in total. The molecule has 0 unspecified atom stereocenters. The van der Waals surface area contributed by atoms with Gasteiger partial charge in [-0.25, -0.2) is 0 Å². The van der Waals surface area contributed by atoms with Gasteiger partial charge in [-0.15, -0.1) is 0 Å². The number of carbonyl (C=O) groups is 1. The molecule has 0 saturated carbocycles. The van der Waals surface area contributed by atoms with Crippen molar-refractivity contribution in [3.05, 3.63) is 30.3 Å². The van der Waals surface area contributed by atoms with E-state index >= 15 is 0 Å². The molecule has 0 radical (unpaired) electrons. The summed E-state index contributed by atoms with van der Waals surface area (Å²) in [4.78, 5) is 11.9. The Bertz CT molecular complexity index is 499. The van der Waals surface area contributed by atoms with Crippen molar-refractivity contribution in [3.63, 3.8) is 0 Å². The summed E-state index contributed by atoms with van der Waals surface area (Å²) in [6, 6.07) is 9.75. The van der Waals surface area contributed by atoms with Gasteiger partial charge in [0.05, 0.1) is 0 Å². The van der Waals surface area contributed by atoms with Crippen LogP contribution in [-0.4, -0.2) is 5.91 Å². The fourth-order valence-corrected chi connectivity index (χ4v) is 4.29. The number of benzene rings is 1. The fraction of sp³-hybridized carbons (Fsp3) is 0.759. The summed E-state index contributed by atoms with van der Waals surface area (Å²) < 4.78 is 0. The molecule has 0 aliphatic heterocycles. The van der Waals surface area contributed by atoms with Crippen LogP contribution in [0.3, 0.4) is 0 Å². The molecule has 2 heteroatoms. The molecule has 0 aliphatic rings. The molecular formula is C29H51NO. The molecule has 0 aromatic heterocycles. The van der Waals surface area contributed by atoms with Crippen LogP contribution >= 0.6 is 0 Å². The minimum absolute atomic E-state index is 0.147. The Morgan fingerprint density at radius 2 is 0.903 bits per heavy atom. The molecule has 0 saturated heterocycles. The minimum Gasteiger partial charge on any atom is -0.326 e. The van der Waals surface area contributed by atoms with E-state index in [1.165, 1.54) is 122 Å². The van der Waals surface area contributed by atoms with Gasteiger partial charge in [-0.1, -0.05) is 147 Å². The Hall–Kier alpha value is -1.31. The van der Waals surface area contributed by atoms with Crippen LogP contribution in [-0.2, 0) is 4.79 Å². The van der Waals surface area contributed by atoms with Gasteiger partial charge in [0.1, 0.15) is 0 Å². The quantitative estimate of drug-likeness (QED) is 0.182. The smallest absolute Gasteiger partial charge is 0.224 e. The number of para-hydroxylation sites is 1. The van der Waals surface area contributed by atoms with Gasteiger partial charge in [0.15, 0.2) is 0 Å². The summed E-state index contributed by atoms with van der Waals surface area (Å²) in [5, 5.41) is 2.96. The van der Waals surface area contributed by atoms with Crippen LogP contribution < -0.4 is 5.32 Å². The summed E-state index contributed by atoms with van der Waals surface area (Å²) in [7, 11) is 0. The van der Waals surface area contributed by atoms with Gasteiger partial charge in [0.2, 0.25) is 5.91 Å². The fourth-order valence-electron chi connectivity index (χ4n) is 4.29. The third kappa shape index (κ3) is 19.1. The predicted octanol–water partition coefficient (Wildman–Crippen LogP) is 9.84. The van der Waals surface area contributed by atoms with Crippen molar-refractivity contribution < 1.29 is 4.79 Å². The topological polar surface area (TPSA) is 29.1 Å². The second-order valence-electron chi connectivity index (χ2n) is 9.38. The lowest BCUT2D eigenvalue weighted by molar-refractivity contribution is -0.116. The monoisotopic (exact) mass is 429 g/mol. The summed E-state index contributed by atoms with van der Waals surface area (Å²) in [6.45, 7) is 2.29. The van der Waals surface area contributed by atoms with E-state index in [-0.39, 0.29) is 5.91 Å². The number of anilines is 1. The number of hydrogen-bond donors (Lipinski definition) is 1. The molecule has 0 fully saturated rings.